The van der Waals surface area contributed by atoms with Gasteiger partial charge in [-0.05, 0) is 83.0 Å². The highest BCUT2D eigenvalue weighted by Gasteiger charge is 2.51. The zero-order valence-corrected chi connectivity index (χ0v) is 17.4. The zero-order valence-electron chi connectivity index (χ0n) is 17.4. The Morgan fingerprint density at radius 1 is 1.08 bits per heavy atom. The van der Waals surface area contributed by atoms with Gasteiger partial charge in [0.15, 0.2) is 6.29 Å². The van der Waals surface area contributed by atoms with Gasteiger partial charge in [0.25, 0.3) is 0 Å². The fourth-order valence-electron chi connectivity index (χ4n) is 5.87. The fraction of sp³-hybridized carbons (Fsp3) is 0.913. The van der Waals surface area contributed by atoms with Gasteiger partial charge in [-0.15, -0.1) is 0 Å². The molecule has 25 heavy (non-hydrogen) atoms. The maximum atomic E-state index is 10.9. The third kappa shape index (κ3) is 3.58. The first-order chi connectivity index (χ1) is 11.6. The van der Waals surface area contributed by atoms with Crippen LogP contribution in [-0.2, 0) is 4.74 Å². The second kappa shape index (κ2) is 7.00. The monoisotopic (exact) mass is 348 g/mol. The SMILES string of the molecule is CC1CC2=C(CC2)C(C)(C(C)(C)OC(O)C2CCC(C(C)C)CC2)C1. The van der Waals surface area contributed by atoms with E-state index in [1.807, 2.05) is 0 Å². The lowest BCUT2D eigenvalue weighted by Crippen LogP contribution is -2.52. The van der Waals surface area contributed by atoms with E-state index in [1.54, 1.807) is 11.1 Å². The summed E-state index contributed by atoms with van der Waals surface area (Å²) in [6.45, 7) is 13.9. The van der Waals surface area contributed by atoms with Crippen LogP contribution in [0.1, 0.15) is 92.9 Å². The Bertz CT molecular complexity index is 510. The number of hydrogen-bond donors (Lipinski definition) is 1. The number of rotatable bonds is 5. The maximum absolute atomic E-state index is 10.9. The van der Waals surface area contributed by atoms with Crippen LogP contribution >= 0.6 is 0 Å². The summed E-state index contributed by atoms with van der Waals surface area (Å²) in [5, 5.41) is 10.9. The highest BCUT2D eigenvalue weighted by atomic mass is 16.6. The molecule has 3 unspecified atom stereocenters. The van der Waals surface area contributed by atoms with Crippen molar-refractivity contribution in [3.63, 3.8) is 0 Å². The molecule has 0 aliphatic heterocycles. The Morgan fingerprint density at radius 2 is 1.68 bits per heavy atom. The standard InChI is InChI=1S/C23H40O2/c1-15(2)17-7-9-18(10-8-17)21(24)25-22(4,5)23(6)14-16(3)13-19-11-12-20(19)23/h15-18,21,24H,7-14H2,1-6H3. The van der Waals surface area contributed by atoms with Gasteiger partial charge >= 0.3 is 0 Å². The molecule has 1 N–H and O–H groups in total. The van der Waals surface area contributed by atoms with Crippen molar-refractivity contribution < 1.29 is 9.84 Å². The van der Waals surface area contributed by atoms with E-state index >= 15 is 0 Å². The molecule has 2 heteroatoms. The van der Waals surface area contributed by atoms with Crippen molar-refractivity contribution in [3.8, 4) is 0 Å². The summed E-state index contributed by atoms with van der Waals surface area (Å²) in [6, 6.07) is 0. The minimum atomic E-state index is -0.610. The van der Waals surface area contributed by atoms with Crippen LogP contribution in [0.2, 0.25) is 0 Å². The van der Waals surface area contributed by atoms with E-state index in [9.17, 15) is 5.11 Å². The van der Waals surface area contributed by atoms with E-state index in [4.69, 9.17) is 4.74 Å². The Balaban J connectivity index is 1.66. The molecule has 0 radical (unpaired) electrons. The fourth-order valence-corrected chi connectivity index (χ4v) is 5.87. The molecule has 2 nitrogen and oxygen atoms in total. The second-order valence-electron chi connectivity index (χ2n) is 10.4. The van der Waals surface area contributed by atoms with Crippen LogP contribution in [0.15, 0.2) is 11.1 Å². The van der Waals surface area contributed by atoms with E-state index in [0.29, 0.717) is 5.92 Å². The maximum Gasteiger partial charge on any atom is 0.158 e. The molecule has 3 atom stereocenters. The predicted molar refractivity (Wildman–Crippen MR) is 104 cm³/mol. The van der Waals surface area contributed by atoms with Gasteiger partial charge < -0.3 is 9.84 Å². The number of allylic oxidation sites excluding steroid dienone is 1. The molecule has 0 heterocycles. The smallest absolute Gasteiger partial charge is 0.158 e. The van der Waals surface area contributed by atoms with E-state index in [0.717, 1.165) is 30.6 Å². The lowest BCUT2D eigenvalue weighted by atomic mass is 9.55. The first-order valence-electron chi connectivity index (χ1n) is 10.7. The first kappa shape index (κ1) is 19.4. The molecule has 0 saturated heterocycles. The van der Waals surface area contributed by atoms with E-state index in [1.165, 1.54) is 38.5 Å². The molecule has 3 rings (SSSR count). The molecule has 0 bridgehead atoms. The van der Waals surface area contributed by atoms with Crippen LogP contribution in [0.3, 0.4) is 0 Å². The lowest BCUT2D eigenvalue weighted by molar-refractivity contribution is -0.235. The average Bonchev–Trinajstić information content (AvgIpc) is 2.49. The molecule has 0 aromatic heterocycles. The van der Waals surface area contributed by atoms with Crippen molar-refractivity contribution in [2.45, 2.75) is 105 Å². The zero-order chi connectivity index (χ0) is 18.4. The number of aliphatic hydroxyl groups is 1. The summed E-state index contributed by atoms with van der Waals surface area (Å²) in [5.41, 5.74) is 3.10. The van der Waals surface area contributed by atoms with Crippen molar-refractivity contribution in [1.29, 1.82) is 0 Å². The Morgan fingerprint density at radius 3 is 2.20 bits per heavy atom. The van der Waals surface area contributed by atoms with Gasteiger partial charge in [-0.3, -0.25) is 0 Å². The average molecular weight is 349 g/mol. The van der Waals surface area contributed by atoms with E-state index in [-0.39, 0.29) is 11.0 Å². The summed E-state index contributed by atoms with van der Waals surface area (Å²) in [4.78, 5) is 0. The first-order valence-corrected chi connectivity index (χ1v) is 10.7. The number of ether oxygens (including phenoxy) is 1. The third-order valence-electron chi connectivity index (χ3n) is 8.03. The Kier molecular flexibility index (Phi) is 5.44. The molecular formula is C23H40O2. The van der Waals surface area contributed by atoms with Crippen LogP contribution < -0.4 is 0 Å². The van der Waals surface area contributed by atoms with Crippen molar-refractivity contribution in [2.24, 2.45) is 29.1 Å². The lowest BCUT2D eigenvalue weighted by Gasteiger charge is -2.54. The normalized spacial score (nSPS) is 37.7. The molecule has 1 fully saturated rings. The third-order valence-corrected chi connectivity index (χ3v) is 8.03. The van der Waals surface area contributed by atoms with Gasteiger partial charge in [0, 0.05) is 11.3 Å². The minimum absolute atomic E-state index is 0.0777. The highest BCUT2D eigenvalue weighted by molar-refractivity contribution is 5.36. The predicted octanol–water partition coefficient (Wildman–Crippen LogP) is 6.09. The number of aliphatic hydroxyl groups excluding tert-OH is 1. The second-order valence-corrected chi connectivity index (χ2v) is 10.4. The molecule has 3 aliphatic carbocycles. The van der Waals surface area contributed by atoms with Crippen molar-refractivity contribution >= 4 is 0 Å². The van der Waals surface area contributed by atoms with Crippen molar-refractivity contribution in [2.75, 3.05) is 0 Å². The van der Waals surface area contributed by atoms with Gasteiger partial charge in [-0.2, -0.15) is 0 Å². The van der Waals surface area contributed by atoms with E-state index in [2.05, 4.69) is 41.5 Å². The molecule has 0 aromatic rings. The van der Waals surface area contributed by atoms with Crippen LogP contribution in [0.5, 0.6) is 0 Å². The topological polar surface area (TPSA) is 29.5 Å². The van der Waals surface area contributed by atoms with Crippen LogP contribution in [0, 0.1) is 29.1 Å². The van der Waals surface area contributed by atoms with Crippen molar-refractivity contribution in [3.05, 3.63) is 11.1 Å². The highest BCUT2D eigenvalue weighted by Crippen LogP contribution is 2.57. The van der Waals surface area contributed by atoms with Crippen LogP contribution in [-0.4, -0.2) is 17.0 Å². The molecule has 144 valence electrons. The van der Waals surface area contributed by atoms with Gasteiger partial charge in [-0.25, -0.2) is 0 Å². The Hall–Kier alpha value is -0.340. The largest absolute Gasteiger partial charge is 0.368 e. The quantitative estimate of drug-likeness (QED) is 0.481. The molecule has 3 aliphatic rings. The van der Waals surface area contributed by atoms with Crippen molar-refractivity contribution in [1.82, 2.24) is 0 Å². The Labute approximate surface area is 155 Å². The summed E-state index contributed by atoms with van der Waals surface area (Å²) < 4.78 is 6.44. The van der Waals surface area contributed by atoms with Gasteiger partial charge in [0.2, 0.25) is 0 Å². The summed E-state index contributed by atoms with van der Waals surface area (Å²) in [7, 11) is 0. The summed E-state index contributed by atoms with van der Waals surface area (Å²) in [5.74, 6) is 2.64. The number of hydrogen-bond acceptors (Lipinski definition) is 2. The van der Waals surface area contributed by atoms with E-state index < -0.39 is 6.29 Å². The molecule has 0 aromatic carbocycles. The molecular weight excluding hydrogens is 308 g/mol. The van der Waals surface area contributed by atoms with Crippen LogP contribution in [0.25, 0.3) is 0 Å². The van der Waals surface area contributed by atoms with Gasteiger partial charge in [-0.1, -0.05) is 38.8 Å². The van der Waals surface area contributed by atoms with Gasteiger partial charge in [0.05, 0.1) is 5.60 Å². The summed E-state index contributed by atoms with van der Waals surface area (Å²) in [6.07, 6.45) is 9.09. The molecule has 0 spiro atoms. The molecule has 0 amide bonds. The molecule has 1 saturated carbocycles. The summed E-state index contributed by atoms with van der Waals surface area (Å²) >= 11 is 0. The van der Waals surface area contributed by atoms with Gasteiger partial charge in [0.1, 0.15) is 0 Å². The minimum Gasteiger partial charge on any atom is -0.368 e. The van der Waals surface area contributed by atoms with Crippen LogP contribution in [0.4, 0.5) is 0 Å².